The maximum Gasteiger partial charge on any atom is 0.265 e. The van der Waals surface area contributed by atoms with Crippen molar-refractivity contribution < 1.29 is 9.18 Å². The Morgan fingerprint density at radius 1 is 1.26 bits per heavy atom. The zero-order valence-electron chi connectivity index (χ0n) is 12.7. The van der Waals surface area contributed by atoms with Crippen LogP contribution in [0.4, 0.5) is 4.39 Å². The molecular formula is C18H14FN3O. The highest BCUT2D eigenvalue weighted by atomic mass is 19.1. The minimum atomic E-state index is -0.549. The second kappa shape index (κ2) is 5.25. The first-order valence-electron chi connectivity index (χ1n) is 7.03. The fourth-order valence-electron chi connectivity index (χ4n) is 3.03. The maximum atomic E-state index is 14.1. The van der Waals surface area contributed by atoms with Crippen LogP contribution in [0.5, 0.6) is 0 Å². The van der Waals surface area contributed by atoms with Crippen molar-refractivity contribution in [2.75, 3.05) is 0 Å². The minimum Gasteiger partial charge on any atom is -0.364 e. The number of aryl methyl sites for hydroxylation is 2. The van der Waals surface area contributed by atoms with Crippen molar-refractivity contribution in [3.05, 3.63) is 59.0 Å². The van der Waals surface area contributed by atoms with Crippen molar-refractivity contribution in [2.45, 2.75) is 6.92 Å². The summed E-state index contributed by atoms with van der Waals surface area (Å²) in [5.74, 6) is -0.936. The van der Waals surface area contributed by atoms with Crippen LogP contribution >= 0.6 is 0 Å². The molecule has 0 atom stereocenters. The summed E-state index contributed by atoms with van der Waals surface area (Å²) in [5, 5.41) is 9.55. The predicted octanol–water partition coefficient (Wildman–Crippen LogP) is 3.26. The number of benzene rings is 2. The van der Waals surface area contributed by atoms with E-state index in [1.165, 1.54) is 12.1 Å². The molecule has 1 amide bonds. The topological polar surface area (TPSA) is 71.8 Å². The third-order valence-electron chi connectivity index (χ3n) is 4.06. The normalized spacial score (nSPS) is 10.7. The molecule has 0 spiro atoms. The Balaban J connectivity index is 2.38. The van der Waals surface area contributed by atoms with Gasteiger partial charge in [-0.2, -0.15) is 5.26 Å². The quantitative estimate of drug-likeness (QED) is 0.789. The zero-order chi connectivity index (χ0) is 16.7. The van der Waals surface area contributed by atoms with Crippen LogP contribution < -0.4 is 5.73 Å². The summed E-state index contributed by atoms with van der Waals surface area (Å²) in [7, 11) is 1.74. The van der Waals surface area contributed by atoms with Gasteiger partial charge in [-0.05, 0) is 42.3 Å². The van der Waals surface area contributed by atoms with E-state index in [9.17, 15) is 9.18 Å². The fraction of sp³-hybridized carbons (Fsp3) is 0.111. The Labute approximate surface area is 132 Å². The molecule has 2 aromatic carbocycles. The lowest BCUT2D eigenvalue weighted by Gasteiger charge is -2.08. The van der Waals surface area contributed by atoms with E-state index < -0.39 is 5.91 Å². The molecule has 2 N–H and O–H groups in total. The summed E-state index contributed by atoms with van der Waals surface area (Å²) in [4.78, 5) is 11.7. The molecule has 0 fully saturated rings. The van der Waals surface area contributed by atoms with Crippen molar-refractivity contribution in [1.29, 1.82) is 5.26 Å². The summed E-state index contributed by atoms with van der Waals surface area (Å²) >= 11 is 0. The average Bonchev–Trinajstić information content (AvgIpc) is 2.78. The number of fused-ring (bicyclic) bond motifs is 1. The molecule has 0 aliphatic carbocycles. The number of carbonyl (C=O) groups excluding carboxylic acids is 1. The second-order valence-electron chi connectivity index (χ2n) is 5.44. The van der Waals surface area contributed by atoms with Crippen LogP contribution in [0.1, 0.15) is 21.6 Å². The molecule has 114 valence electrons. The number of amides is 1. The lowest BCUT2D eigenvalue weighted by atomic mass is 10.0. The number of halogens is 1. The van der Waals surface area contributed by atoms with Gasteiger partial charge in [0.1, 0.15) is 11.5 Å². The van der Waals surface area contributed by atoms with Crippen molar-refractivity contribution >= 4 is 16.8 Å². The van der Waals surface area contributed by atoms with Crippen LogP contribution in [0.25, 0.3) is 22.0 Å². The first-order valence-corrected chi connectivity index (χ1v) is 7.03. The van der Waals surface area contributed by atoms with Crippen molar-refractivity contribution in [3.63, 3.8) is 0 Å². The molecule has 0 unspecified atom stereocenters. The van der Waals surface area contributed by atoms with E-state index in [1.807, 2.05) is 0 Å². The van der Waals surface area contributed by atoms with Gasteiger partial charge in [-0.25, -0.2) is 4.39 Å². The molecular weight excluding hydrogens is 293 g/mol. The van der Waals surface area contributed by atoms with Gasteiger partial charge >= 0.3 is 0 Å². The summed E-state index contributed by atoms with van der Waals surface area (Å²) in [6.07, 6.45) is 0. The molecule has 0 aliphatic rings. The number of hydrogen-bond donors (Lipinski definition) is 1. The van der Waals surface area contributed by atoms with Crippen LogP contribution in [0.3, 0.4) is 0 Å². The number of nitriles is 1. The number of hydrogen-bond acceptors (Lipinski definition) is 2. The SMILES string of the molecule is Cc1c(C(N)=O)n(C)c2c(-c3ccc(C#N)cc3)cc(F)cc12. The molecule has 0 saturated heterocycles. The van der Waals surface area contributed by atoms with Gasteiger partial charge in [0.05, 0.1) is 17.1 Å². The van der Waals surface area contributed by atoms with E-state index in [1.54, 1.807) is 42.8 Å². The van der Waals surface area contributed by atoms with Crippen molar-refractivity contribution in [1.82, 2.24) is 4.57 Å². The van der Waals surface area contributed by atoms with Gasteiger partial charge in [0.25, 0.3) is 5.91 Å². The number of primary amides is 1. The van der Waals surface area contributed by atoms with E-state index in [0.717, 1.165) is 11.1 Å². The summed E-state index contributed by atoms with van der Waals surface area (Å²) in [6, 6.07) is 11.8. The lowest BCUT2D eigenvalue weighted by molar-refractivity contribution is 0.0992. The van der Waals surface area contributed by atoms with Crippen molar-refractivity contribution in [3.8, 4) is 17.2 Å². The molecule has 0 bridgehead atoms. The minimum absolute atomic E-state index is 0.362. The highest BCUT2D eigenvalue weighted by Crippen LogP contribution is 2.34. The molecule has 4 nitrogen and oxygen atoms in total. The Morgan fingerprint density at radius 3 is 2.48 bits per heavy atom. The van der Waals surface area contributed by atoms with Crippen LogP contribution in [-0.2, 0) is 7.05 Å². The highest BCUT2D eigenvalue weighted by molar-refractivity contribution is 6.05. The number of carbonyl (C=O) groups is 1. The number of aromatic nitrogens is 1. The number of nitrogens with two attached hydrogens (primary N) is 1. The number of rotatable bonds is 2. The van der Waals surface area contributed by atoms with Gasteiger partial charge in [0.2, 0.25) is 0 Å². The zero-order valence-corrected chi connectivity index (χ0v) is 12.7. The monoisotopic (exact) mass is 307 g/mol. The Hall–Kier alpha value is -3.13. The smallest absolute Gasteiger partial charge is 0.265 e. The van der Waals surface area contributed by atoms with Crippen LogP contribution in [-0.4, -0.2) is 10.5 Å². The van der Waals surface area contributed by atoms with Gasteiger partial charge in [-0.3, -0.25) is 4.79 Å². The predicted molar refractivity (Wildman–Crippen MR) is 86.3 cm³/mol. The summed E-state index contributed by atoms with van der Waals surface area (Å²) < 4.78 is 15.8. The van der Waals surface area contributed by atoms with Crippen molar-refractivity contribution in [2.24, 2.45) is 12.8 Å². The third-order valence-corrected chi connectivity index (χ3v) is 4.06. The Kier molecular flexibility index (Phi) is 3.38. The number of nitrogens with zero attached hydrogens (tertiary/aromatic N) is 2. The average molecular weight is 307 g/mol. The van der Waals surface area contributed by atoms with Gasteiger partial charge in [-0.15, -0.1) is 0 Å². The van der Waals surface area contributed by atoms with Crippen LogP contribution in [0, 0.1) is 24.1 Å². The van der Waals surface area contributed by atoms with Crippen LogP contribution in [0.15, 0.2) is 36.4 Å². The Bertz CT molecular complexity index is 978. The molecule has 1 heterocycles. The molecule has 3 aromatic rings. The van der Waals surface area contributed by atoms with E-state index >= 15 is 0 Å². The van der Waals surface area contributed by atoms with E-state index in [0.29, 0.717) is 27.8 Å². The van der Waals surface area contributed by atoms with E-state index in [-0.39, 0.29) is 5.82 Å². The molecule has 1 aromatic heterocycles. The largest absolute Gasteiger partial charge is 0.364 e. The third kappa shape index (κ3) is 2.25. The first kappa shape index (κ1) is 14.8. The molecule has 0 saturated carbocycles. The lowest BCUT2D eigenvalue weighted by Crippen LogP contribution is -2.16. The highest BCUT2D eigenvalue weighted by Gasteiger charge is 2.20. The second-order valence-corrected chi connectivity index (χ2v) is 5.44. The van der Waals surface area contributed by atoms with Gasteiger partial charge < -0.3 is 10.3 Å². The van der Waals surface area contributed by atoms with Gasteiger partial charge in [0, 0.05) is 18.0 Å². The molecule has 0 radical (unpaired) electrons. The van der Waals surface area contributed by atoms with Gasteiger partial charge in [0.15, 0.2) is 0 Å². The standard InChI is InChI=1S/C18H14FN3O/c1-10-14-7-13(19)8-15(12-5-3-11(9-20)4-6-12)17(14)22(2)16(10)18(21)23/h3-8H,1-2H3,(H2,21,23). The van der Waals surface area contributed by atoms with Crippen LogP contribution in [0.2, 0.25) is 0 Å². The molecule has 0 aliphatic heterocycles. The molecule has 3 rings (SSSR count). The summed E-state index contributed by atoms with van der Waals surface area (Å²) in [5.41, 5.74) is 9.16. The maximum absolute atomic E-state index is 14.1. The molecule has 5 heteroatoms. The first-order chi connectivity index (χ1) is 10.9. The Morgan fingerprint density at radius 2 is 1.91 bits per heavy atom. The van der Waals surface area contributed by atoms with E-state index in [2.05, 4.69) is 6.07 Å². The van der Waals surface area contributed by atoms with E-state index in [4.69, 9.17) is 11.0 Å². The molecule has 23 heavy (non-hydrogen) atoms. The van der Waals surface area contributed by atoms with Gasteiger partial charge in [-0.1, -0.05) is 12.1 Å². The fourth-order valence-corrected chi connectivity index (χ4v) is 3.03. The summed E-state index contributed by atoms with van der Waals surface area (Å²) in [6.45, 7) is 1.75.